The molecular formula is C22H20N3O2+. The van der Waals surface area contributed by atoms with Crippen LogP contribution in [0.4, 0.5) is 5.82 Å². The molecular weight excluding hydrogens is 338 g/mol. The quantitative estimate of drug-likeness (QED) is 0.661. The van der Waals surface area contributed by atoms with Gasteiger partial charge in [0.1, 0.15) is 13.1 Å². The molecule has 1 aliphatic heterocycles. The highest BCUT2D eigenvalue weighted by atomic mass is 16.3. The van der Waals surface area contributed by atoms with Crippen LogP contribution in [0.1, 0.15) is 21.9 Å². The fourth-order valence-electron chi connectivity index (χ4n) is 3.06. The number of rotatable bonds is 2. The summed E-state index contributed by atoms with van der Waals surface area (Å²) < 4.78 is 5.65. The molecule has 5 nitrogen and oxygen atoms in total. The molecule has 27 heavy (non-hydrogen) atoms. The van der Waals surface area contributed by atoms with Crippen molar-refractivity contribution in [1.29, 1.82) is 0 Å². The van der Waals surface area contributed by atoms with Crippen molar-refractivity contribution in [1.82, 2.24) is 4.90 Å². The molecule has 1 aromatic carbocycles. The van der Waals surface area contributed by atoms with E-state index < -0.39 is 0 Å². The van der Waals surface area contributed by atoms with Crippen LogP contribution in [0.5, 0.6) is 0 Å². The first-order chi connectivity index (χ1) is 13.3. The Balaban J connectivity index is 1.38. The molecule has 0 aliphatic carbocycles. The summed E-state index contributed by atoms with van der Waals surface area (Å²) in [6.07, 6.45) is 1.91. The SMILES string of the molecule is O=C(c1ccc(C#Cc2ccccc2)o1)N1CCN(c2cccc[nH+]2)CC1. The maximum absolute atomic E-state index is 12.7. The van der Waals surface area contributed by atoms with Crippen molar-refractivity contribution in [2.75, 3.05) is 31.1 Å². The summed E-state index contributed by atoms with van der Waals surface area (Å²) in [5.41, 5.74) is 0.913. The lowest BCUT2D eigenvalue weighted by atomic mass is 10.2. The number of amides is 1. The predicted octanol–water partition coefficient (Wildman–Crippen LogP) is 2.46. The summed E-state index contributed by atoms with van der Waals surface area (Å²) in [6, 6.07) is 19.2. The van der Waals surface area contributed by atoms with Crippen molar-refractivity contribution in [3.05, 3.63) is 83.9 Å². The maximum atomic E-state index is 12.7. The number of nitrogens with one attached hydrogen (secondary N) is 1. The first-order valence-electron chi connectivity index (χ1n) is 8.97. The van der Waals surface area contributed by atoms with Gasteiger partial charge in [-0.25, -0.2) is 4.98 Å². The van der Waals surface area contributed by atoms with Gasteiger partial charge in [0.15, 0.2) is 11.5 Å². The highest BCUT2D eigenvalue weighted by molar-refractivity contribution is 5.91. The van der Waals surface area contributed by atoms with Gasteiger partial charge in [-0.3, -0.25) is 9.69 Å². The number of aromatic amines is 1. The predicted molar refractivity (Wildman–Crippen MR) is 102 cm³/mol. The molecule has 5 heteroatoms. The van der Waals surface area contributed by atoms with Crippen LogP contribution in [0.2, 0.25) is 0 Å². The molecule has 0 spiro atoms. The van der Waals surface area contributed by atoms with Gasteiger partial charge in [0.2, 0.25) is 0 Å². The molecule has 0 bridgehead atoms. The number of anilines is 1. The zero-order valence-corrected chi connectivity index (χ0v) is 14.9. The maximum Gasteiger partial charge on any atom is 0.289 e. The molecule has 1 saturated heterocycles. The number of piperazine rings is 1. The second kappa shape index (κ2) is 7.79. The van der Waals surface area contributed by atoms with E-state index in [-0.39, 0.29) is 5.91 Å². The fraction of sp³-hybridized carbons (Fsp3) is 0.182. The Hall–Kier alpha value is -3.52. The number of hydrogen-bond donors (Lipinski definition) is 0. The molecule has 0 saturated carbocycles. The van der Waals surface area contributed by atoms with E-state index in [0.29, 0.717) is 24.6 Å². The zero-order chi connectivity index (χ0) is 18.5. The van der Waals surface area contributed by atoms with Gasteiger partial charge in [0, 0.05) is 11.6 Å². The van der Waals surface area contributed by atoms with Crippen LogP contribution in [-0.2, 0) is 0 Å². The standard InChI is InChI=1S/C22H19N3O2/c26-22(25-16-14-24(15-17-25)21-8-4-5-13-23-21)20-12-11-19(27-20)10-9-18-6-2-1-3-7-18/h1-8,11-13H,14-17H2/p+1. The van der Waals surface area contributed by atoms with Crippen molar-refractivity contribution >= 4 is 11.7 Å². The van der Waals surface area contributed by atoms with Crippen molar-refractivity contribution in [2.24, 2.45) is 0 Å². The lowest BCUT2D eigenvalue weighted by Crippen LogP contribution is -2.49. The van der Waals surface area contributed by atoms with Gasteiger partial charge >= 0.3 is 0 Å². The third kappa shape index (κ3) is 4.01. The Morgan fingerprint density at radius 1 is 0.889 bits per heavy atom. The number of pyridine rings is 1. The summed E-state index contributed by atoms with van der Waals surface area (Å²) in [6.45, 7) is 2.89. The van der Waals surface area contributed by atoms with Crippen LogP contribution in [-0.4, -0.2) is 37.0 Å². The Labute approximate surface area is 158 Å². The van der Waals surface area contributed by atoms with Crippen molar-refractivity contribution < 1.29 is 14.2 Å². The molecule has 0 atom stereocenters. The van der Waals surface area contributed by atoms with Crippen LogP contribution < -0.4 is 9.88 Å². The minimum absolute atomic E-state index is 0.0838. The van der Waals surface area contributed by atoms with Crippen LogP contribution in [0.3, 0.4) is 0 Å². The summed E-state index contributed by atoms with van der Waals surface area (Å²) in [7, 11) is 0. The van der Waals surface area contributed by atoms with Crippen molar-refractivity contribution in [2.45, 2.75) is 0 Å². The van der Waals surface area contributed by atoms with Gasteiger partial charge in [-0.2, -0.15) is 0 Å². The molecule has 1 aliphatic rings. The lowest BCUT2D eigenvalue weighted by Gasteiger charge is -2.30. The van der Waals surface area contributed by atoms with E-state index in [2.05, 4.69) is 21.7 Å². The van der Waals surface area contributed by atoms with Crippen LogP contribution >= 0.6 is 0 Å². The van der Waals surface area contributed by atoms with Gasteiger partial charge in [-0.1, -0.05) is 30.2 Å². The van der Waals surface area contributed by atoms with Gasteiger partial charge in [0.05, 0.1) is 19.3 Å². The van der Waals surface area contributed by atoms with E-state index in [9.17, 15) is 4.79 Å². The summed E-state index contributed by atoms with van der Waals surface area (Å²) in [5, 5.41) is 0. The number of carbonyl (C=O) groups excluding carboxylic acids is 1. The number of H-pyrrole nitrogens is 1. The molecule has 3 heterocycles. The smallest absolute Gasteiger partial charge is 0.289 e. The first kappa shape index (κ1) is 16.9. The van der Waals surface area contributed by atoms with E-state index in [0.717, 1.165) is 24.5 Å². The van der Waals surface area contributed by atoms with Gasteiger partial charge in [0.25, 0.3) is 11.7 Å². The average molecular weight is 358 g/mol. The monoisotopic (exact) mass is 358 g/mol. The molecule has 134 valence electrons. The number of aromatic nitrogens is 1. The average Bonchev–Trinajstić information content (AvgIpc) is 3.22. The van der Waals surface area contributed by atoms with E-state index >= 15 is 0 Å². The molecule has 0 radical (unpaired) electrons. The summed E-state index contributed by atoms with van der Waals surface area (Å²) in [4.78, 5) is 20.0. The Morgan fingerprint density at radius 2 is 1.67 bits per heavy atom. The third-order valence-electron chi connectivity index (χ3n) is 4.52. The molecule has 4 rings (SSSR count). The normalized spacial score (nSPS) is 13.8. The zero-order valence-electron chi connectivity index (χ0n) is 14.9. The second-order valence-electron chi connectivity index (χ2n) is 6.31. The van der Waals surface area contributed by atoms with Gasteiger partial charge in [-0.05, 0) is 36.3 Å². The summed E-state index contributed by atoms with van der Waals surface area (Å²) >= 11 is 0. The van der Waals surface area contributed by atoms with Gasteiger partial charge < -0.3 is 9.32 Å². The number of carbonyl (C=O) groups is 1. The number of nitrogens with zero attached hydrogens (tertiary/aromatic N) is 2. The number of hydrogen-bond acceptors (Lipinski definition) is 3. The molecule has 1 amide bonds. The van der Waals surface area contributed by atoms with Crippen LogP contribution in [0.25, 0.3) is 0 Å². The highest BCUT2D eigenvalue weighted by Crippen LogP contribution is 2.14. The minimum atomic E-state index is -0.0838. The molecule has 1 N–H and O–H groups in total. The van der Waals surface area contributed by atoms with Crippen LogP contribution in [0.15, 0.2) is 71.3 Å². The number of benzene rings is 1. The topological polar surface area (TPSA) is 50.8 Å². The Kier molecular flexibility index (Phi) is 4.88. The molecule has 0 unspecified atom stereocenters. The third-order valence-corrected chi connectivity index (χ3v) is 4.52. The Morgan fingerprint density at radius 3 is 2.41 bits per heavy atom. The summed E-state index contributed by atoms with van der Waals surface area (Å²) in [5.74, 6) is 7.83. The minimum Gasteiger partial charge on any atom is -0.443 e. The first-order valence-corrected chi connectivity index (χ1v) is 8.97. The lowest BCUT2D eigenvalue weighted by molar-refractivity contribution is -0.364. The highest BCUT2D eigenvalue weighted by Gasteiger charge is 2.28. The van der Waals surface area contributed by atoms with E-state index in [4.69, 9.17) is 4.42 Å². The van der Waals surface area contributed by atoms with E-state index in [1.54, 1.807) is 12.1 Å². The van der Waals surface area contributed by atoms with Gasteiger partial charge in [-0.15, -0.1) is 0 Å². The largest absolute Gasteiger partial charge is 0.443 e. The molecule has 2 aromatic heterocycles. The Bertz CT molecular complexity index is 963. The second-order valence-corrected chi connectivity index (χ2v) is 6.31. The fourth-order valence-corrected chi connectivity index (χ4v) is 3.06. The van der Waals surface area contributed by atoms with Crippen LogP contribution in [0, 0.1) is 11.8 Å². The van der Waals surface area contributed by atoms with Crippen molar-refractivity contribution in [3.63, 3.8) is 0 Å². The number of furan rings is 1. The molecule has 1 fully saturated rings. The molecule has 3 aromatic rings. The van der Waals surface area contributed by atoms with Crippen molar-refractivity contribution in [3.8, 4) is 11.8 Å². The van der Waals surface area contributed by atoms with E-state index in [1.165, 1.54) is 0 Å². The van der Waals surface area contributed by atoms with E-state index in [1.807, 2.05) is 59.6 Å².